The highest BCUT2D eigenvalue weighted by molar-refractivity contribution is 6.72. The fraction of sp³-hybridized carbons (Fsp3) is 0.500. The largest absolute Gasteiger partial charge is 0.432 e. The van der Waals surface area contributed by atoms with Gasteiger partial charge in [0.1, 0.15) is 17.8 Å². The Kier molecular flexibility index (Phi) is 5.94. The molecule has 0 saturated heterocycles. The maximum Gasteiger partial charge on any atom is 0.195 e. The number of fused-ring (bicyclic) bond motifs is 1. The highest BCUT2D eigenvalue weighted by Gasteiger charge is 2.40. The number of hydrogen-bond acceptors (Lipinski definition) is 6. The molecule has 32 heavy (non-hydrogen) atoms. The van der Waals surface area contributed by atoms with E-state index in [9.17, 15) is 9.59 Å². The predicted molar refractivity (Wildman–Crippen MR) is 129 cm³/mol. The predicted octanol–water partition coefficient (Wildman–Crippen LogP) is 4.74. The Balaban J connectivity index is 1.57. The smallest absolute Gasteiger partial charge is 0.195 e. The van der Waals surface area contributed by atoms with Crippen LogP contribution >= 0.6 is 0 Å². The summed E-state index contributed by atoms with van der Waals surface area (Å²) in [7, 11) is -2.20. The lowest BCUT2D eigenvalue weighted by Crippen LogP contribution is -2.40. The molecule has 0 aromatic carbocycles. The first kappa shape index (κ1) is 22.6. The molecule has 0 radical (unpaired) electrons. The molecule has 3 aromatic heterocycles. The second-order valence-corrected chi connectivity index (χ2v) is 14.8. The van der Waals surface area contributed by atoms with Crippen LogP contribution in [-0.4, -0.2) is 38.4 Å². The molecule has 1 saturated carbocycles. The van der Waals surface area contributed by atoms with Crippen LogP contribution in [0.3, 0.4) is 0 Å². The molecule has 1 aliphatic rings. The van der Waals surface area contributed by atoms with E-state index in [1.165, 1.54) is 0 Å². The quantitative estimate of drug-likeness (QED) is 0.414. The van der Waals surface area contributed by atoms with Gasteiger partial charge in [-0.25, -0.2) is 15.0 Å². The number of pyridine rings is 1. The molecule has 4 rings (SSSR count). The van der Waals surface area contributed by atoms with Crippen molar-refractivity contribution in [2.24, 2.45) is 5.92 Å². The number of carbonyl (C=O) groups excluding carboxylic acids is 1. The van der Waals surface area contributed by atoms with Crippen LogP contribution in [0.15, 0.2) is 37.1 Å². The zero-order valence-corrected chi connectivity index (χ0v) is 20.4. The van der Waals surface area contributed by atoms with Gasteiger partial charge >= 0.3 is 0 Å². The van der Waals surface area contributed by atoms with E-state index in [0.29, 0.717) is 28.9 Å². The SMILES string of the molecule is CC(C)(CC1CCC(n2cc(C(=O)c3ccnc(N)c3)c3cncnc32)CC1)[Si](C)(C)O. The first-order valence-electron chi connectivity index (χ1n) is 11.4. The Bertz CT molecular complexity index is 1130. The molecule has 1 aliphatic carbocycles. The summed E-state index contributed by atoms with van der Waals surface area (Å²) in [6.45, 7) is 8.51. The van der Waals surface area contributed by atoms with E-state index >= 15 is 0 Å². The normalized spacial score (nSPS) is 19.9. The van der Waals surface area contributed by atoms with E-state index < -0.39 is 8.32 Å². The minimum absolute atomic E-state index is 0.00382. The average molecular weight is 452 g/mol. The molecule has 0 atom stereocenters. The van der Waals surface area contributed by atoms with Gasteiger partial charge in [0.2, 0.25) is 0 Å². The summed E-state index contributed by atoms with van der Waals surface area (Å²) in [5, 5.41) is 0.772. The number of ketones is 1. The molecule has 3 N–H and O–H groups in total. The summed E-state index contributed by atoms with van der Waals surface area (Å²) in [6.07, 6.45) is 12.1. The first-order valence-corrected chi connectivity index (χ1v) is 14.3. The molecule has 170 valence electrons. The molecule has 1 fully saturated rings. The third-order valence-electron chi connectivity index (χ3n) is 7.45. The second kappa shape index (κ2) is 8.40. The lowest BCUT2D eigenvalue weighted by atomic mass is 9.81. The number of nitrogens with zero attached hydrogens (tertiary/aromatic N) is 4. The monoisotopic (exact) mass is 451 g/mol. The maximum atomic E-state index is 13.2. The van der Waals surface area contributed by atoms with Crippen molar-refractivity contribution in [1.29, 1.82) is 0 Å². The summed E-state index contributed by atoms with van der Waals surface area (Å²) in [6, 6.07) is 3.59. The summed E-state index contributed by atoms with van der Waals surface area (Å²) >= 11 is 0. The first-order chi connectivity index (χ1) is 15.1. The van der Waals surface area contributed by atoms with E-state index in [1.54, 1.807) is 30.9 Å². The van der Waals surface area contributed by atoms with Crippen molar-refractivity contribution in [3.05, 3.63) is 48.2 Å². The highest BCUT2D eigenvalue weighted by atomic mass is 28.4. The lowest BCUT2D eigenvalue weighted by Gasteiger charge is -2.40. The molecular formula is C24H33N5O2Si. The Labute approximate surface area is 190 Å². The van der Waals surface area contributed by atoms with Gasteiger partial charge in [0.15, 0.2) is 14.1 Å². The average Bonchev–Trinajstić information content (AvgIpc) is 3.12. The van der Waals surface area contributed by atoms with Gasteiger partial charge in [-0.05, 0) is 68.3 Å². The molecule has 7 nitrogen and oxygen atoms in total. The van der Waals surface area contributed by atoms with Crippen LogP contribution in [0.1, 0.15) is 67.9 Å². The van der Waals surface area contributed by atoms with Crippen LogP contribution in [0.25, 0.3) is 11.0 Å². The zero-order chi connectivity index (χ0) is 23.1. The number of hydrogen-bond donors (Lipinski definition) is 2. The van der Waals surface area contributed by atoms with Crippen molar-refractivity contribution in [2.75, 3.05) is 5.73 Å². The molecule has 0 unspecified atom stereocenters. The number of nitrogen functional groups attached to an aromatic ring is 1. The second-order valence-electron chi connectivity index (χ2n) is 10.3. The Morgan fingerprint density at radius 3 is 2.62 bits per heavy atom. The lowest BCUT2D eigenvalue weighted by molar-refractivity contribution is 0.103. The minimum Gasteiger partial charge on any atom is -0.432 e. The molecule has 8 heteroatoms. The third-order valence-corrected chi connectivity index (χ3v) is 11.0. The summed E-state index contributed by atoms with van der Waals surface area (Å²) in [4.78, 5) is 36.6. The van der Waals surface area contributed by atoms with E-state index in [1.807, 2.05) is 19.3 Å². The van der Waals surface area contributed by atoms with Crippen molar-refractivity contribution in [3.63, 3.8) is 0 Å². The molecule has 0 bridgehead atoms. The van der Waals surface area contributed by atoms with Crippen LogP contribution in [0.4, 0.5) is 5.82 Å². The number of anilines is 1. The van der Waals surface area contributed by atoms with Crippen LogP contribution in [0.5, 0.6) is 0 Å². The number of nitrogens with two attached hydrogens (primary N) is 1. The summed E-state index contributed by atoms with van der Waals surface area (Å²) < 4.78 is 2.17. The Morgan fingerprint density at radius 2 is 1.97 bits per heavy atom. The van der Waals surface area contributed by atoms with Crippen molar-refractivity contribution in [2.45, 2.75) is 70.1 Å². The van der Waals surface area contributed by atoms with E-state index in [2.05, 4.69) is 33.4 Å². The van der Waals surface area contributed by atoms with Gasteiger partial charge in [-0.15, -0.1) is 0 Å². The number of rotatable bonds is 6. The molecule has 3 heterocycles. The van der Waals surface area contributed by atoms with Gasteiger partial charge in [-0.3, -0.25) is 4.79 Å². The van der Waals surface area contributed by atoms with Gasteiger partial charge in [-0.1, -0.05) is 13.8 Å². The zero-order valence-electron chi connectivity index (χ0n) is 19.4. The molecule has 0 spiro atoms. The Hall–Kier alpha value is -2.58. The van der Waals surface area contributed by atoms with Crippen molar-refractivity contribution < 1.29 is 9.59 Å². The topological polar surface area (TPSA) is 107 Å². The molecule has 0 amide bonds. The summed E-state index contributed by atoms with van der Waals surface area (Å²) in [5.41, 5.74) is 7.71. The van der Waals surface area contributed by atoms with Crippen LogP contribution in [-0.2, 0) is 0 Å². The highest BCUT2D eigenvalue weighted by Crippen LogP contribution is 2.46. The Morgan fingerprint density at radius 1 is 1.25 bits per heavy atom. The van der Waals surface area contributed by atoms with Gasteiger partial charge in [-0.2, -0.15) is 0 Å². The van der Waals surface area contributed by atoms with E-state index in [0.717, 1.165) is 43.1 Å². The van der Waals surface area contributed by atoms with E-state index in [-0.39, 0.29) is 10.8 Å². The van der Waals surface area contributed by atoms with Gasteiger partial charge < -0.3 is 15.1 Å². The third kappa shape index (κ3) is 4.34. The van der Waals surface area contributed by atoms with Gasteiger partial charge in [0, 0.05) is 35.6 Å². The molecule has 0 aliphatic heterocycles. The van der Waals surface area contributed by atoms with Crippen molar-refractivity contribution >= 4 is 31.0 Å². The number of aromatic nitrogens is 4. The van der Waals surface area contributed by atoms with Gasteiger partial charge in [0.05, 0.1) is 5.56 Å². The molecular weight excluding hydrogens is 418 g/mol. The van der Waals surface area contributed by atoms with Crippen molar-refractivity contribution in [3.8, 4) is 0 Å². The summed E-state index contributed by atoms with van der Waals surface area (Å²) in [5.74, 6) is 0.854. The fourth-order valence-corrected chi connectivity index (χ4v) is 5.58. The maximum absolute atomic E-state index is 13.2. The standard InChI is InChI=1S/C24H33N5O2Si/c1-24(2,32(3,4)31)12-16-5-7-18(8-6-16)29-14-20(19-13-26-15-28-23(19)29)22(30)17-9-10-27-21(25)11-17/h9-11,13-16,18,31H,5-8,12H2,1-4H3,(H2,25,27). The minimum atomic E-state index is -2.20. The van der Waals surface area contributed by atoms with Crippen LogP contribution in [0.2, 0.25) is 18.1 Å². The number of carbonyl (C=O) groups is 1. The molecule has 3 aromatic rings. The fourth-order valence-electron chi connectivity index (χ4n) is 4.79. The van der Waals surface area contributed by atoms with Crippen LogP contribution < -0.4 is 5.73 Å². The van der Waals surface area contributed by atoms with Crippen molar-refractivity contribution in [1.82, 2.24) is 19.5 Å². The van der Waals surface area contributed by atoms with E-state index in [4.69, 9.17) is 5.73 Å². The van der Waals surface area contributed by atoms with Crippen LogP contribution in [0, 0.1) is 5.92 Å². The van der Waals surface area contributed by atoms with Gasteiger partial charge in [0.25, 0.3) is 0 Å².